The molecule has 0 saturated carbocycles. The number of benzene rings is 1. The molecule has 0 saturated heterocycles. The van der Waals surface area contributed by atoms with Crippen molar-refractivity contribution >= 4 is 23.7 Å². The zero-order valence-electron chi connectivity index (χ0n) is 11.1. The van der Waals surface area contributed by atoms with Crippen LogP contribution >= 0.6 is 0 Å². The van der Waals surface area contributed by atoms with Gasteiger partial charge in [-0.25, -0.2) is 10.2 Å². The molecule has 3 aromatic rings. The van der Waals surface area contributed by atoms with Gasteiger partial charge in [-0.1, -0.05) is 6.07 Å². The second kappa shape index (κ2) is 5.83. The van der Waals surface area contributed by atoms with Crippen LogP contribution < -0.4 is 10.6 Å². The summed E-state index contributed by atoms with van der Waals surface area (Å²) in [5.74, 6) is -0.375. The van der Waals surface area contributed by atoms with Crippen molar-refractivity contribution in [3.63, 3.8) is 0 Å². The average molecular weight is 298 g/mol. The van der Waals surface area contributed by atoms with E-state index in [0.29, 0.717) is 11.1 Å². The Morgan fingerprint density at radius 2 is 1.36 bits per heavy atom. The molecule has 10 nitrogen and oxygen atoms in total. The lowest BCUT2D eigenvalue weighted by Gasteiger charge is -2.05. The van der Waals surface area contributed by atoms with Gasteiger partial charge in [0.1, 0.15) is 12.7 Å². The normalized spacial score (nSPS) is 10.2. The first-order chi connectivity index (χ1) is 10.7. The van der Waals surface area contributed by atoms with Gasteiger partial charge >= 0.3 is 0 Å². The maximum atomic E-state index is 12.0. The molecule has 2 heterocycles. The number of H-pyrrole nitrogens is 2. The summed E-state index contributed by atoms with van der Waals surface area (Å²) in [6, 6.07) is 6.22. The van der Waals surface area contributed by atoms with E-state index >= 15 is 0 Å². The Kier molecular flexibility index (Phi) is 3.56. The Labute approximate surface area is 123 Å². The highest BCUT2D eigenvalue weighted by Crippen LogP contribution is 2.09. The first kappa shape index (κ1) is 13.4. The van der Waals surface area contributed by atoms with E-state index in [1.54, 1.807) is 18.2 Å². The van der Waals surface area contributed by atoms with E-state index in [2.05, 4.69) is 41.0 Å². The second-order valence-electron chi connectivity index (χ2n) is 4.16. The van der Waals surface area contributed by atoms with Crippen LogP contribution in [0.4, 0.5) is 11.9 Å². The summed E-state index contributed by atoms with van der Waals surface area (Å²) in [6.07, 6.45) is 2.55. The number of carbonyl (C=O) groups is 2. The van der Waals surface area contributed by atoms with E-state index in [1.807, 2.05) is 0 Å². The fourth-order valence-electron chi connectivity index (χ4n) is 1.69. The number of nitrogens with zero attached hydrogens (tertiary/aromatic N) is 4. The fraction of sp³-hybridized carbons (Fsp3) is 0. The zero-order valence-corrected chi connectivity index (χ0v) is 11.1. The predicted octanol–water partition coefficient (Wildman–Crippen LogP) is 0.427. The third-order valence-electron chi connectivity index (χ3n) is 2.68. The van der Waals surface area contributed by atoms with Gasteiger partial charge in [0, 0.05) is 11.1 Å². The first-order valence-corrected chi connectivity index (χ1v) is 6.16. The molecule has 0 fully saturated rings. The maximum absolute atomic E-state index is 12.0. The molecule has 0 unspecified atom stereocenters. The van der Waals surface area contributed by atoms with Crippen LogP contribution in [0.5, 0.6) is 0 Å². The van der Waals surface area contributed by atoms with E-state index in [-0.39, 0.29) is 11.9 Å². The molecule has 0 spiro atoms. The van der Waals surface area contributed by atoms with Gasteiger partial charge in [0.2, 0.25) is 11.9 Å². The molecular formula is C12H10N8O2. The molecule has 0 bridgehead atoms. The lowest BCUT2D eigenvalue weighted by Crippen LogP contribution is -2.16. The molecule has 2 amide bonds. The molecule has 22 heavy (non-hydrogen) atoms. The molecule has 0 radical (unpaired) electrons. The summed E-state index contributed by atoms with van der Waals surface area (Å²) in [5.41, 5.74) is 0.614. The van der Waals surface area contributed by atoms with Crippen molar-refractivity contribution in [2.24, 2.45) is 0 Å². The van der Waals surface area contributed by atoms with Crippen LogP contribution in [0.15, 0.2) is 36.9 Å². The van der Waals surface area contributed by atoms with Gasteiger partial charge in [0.05, 0.1) is 0 Å². The highest BCUT2D eigenvalue weighted by molar-refractivity contribution is 6.07. The van der Waals surface area contributed by atoms with Crippen molar-refractivity contribution in [2.45, 2.75) is 0 Å². The molecular weight excluding hydrogens is 288 g/mol. The molecule has 110 valence electrons. The van der Waals surface area contributed by atoms with Gasteiger partial charge in [-0.15, -0.1) is 0 Å². The van der Waals surface area contributed by atoms with E-state index in [4.69, 9.17) is 0 Å². The summed E-state index contributed by atoms with van der Waals surface area (Å²) in [5, 5.41) is 17.3. The summed E-state index contributed by atoms with van der Waals surface area (Å²) < 4.78 is 0. The maximum Gasteiger partial charge on any atom is 0.258 e. The van der Waals surface area contributed by atoms with Crippen molar-refractivity contribution in [1.82, 2.24) is 30.4 Å². The number of nitrogens with one attached hydrogen (secondary N) is 4. The quantitative estimate of drug-likeness (QED) is 0.550. The van der Waals surface area contributed by atoms with Crippen molar-refractivity contribution in [3.05, 3.63) is 48.0 Å². The predicted molar refractivity (Wildman–Crippen MR) is 75.1 cm³/mol. The number of anilines is 2. The molecule has 0 atom stereocenters. The highest BCUT2D eigenvalue weighted by Gasteiger charge is 2.12. The lowest BCUT2D eigenvalue weighted by atomic mass is 10.1. The lowest BCUT2D eigenvalue weighted by molar-refractivity contribution is 0.102. The number of aromatic amines is 2. The van der Waals surface area contributed by atoms with E-state index in [0.717, 1.165) is 0 Å². The largest absolute Gasteiger partial charge is 0.291 e. The minimum atomic E-state index is -0.411. The summed E-state index contributed by atoms with van der Waals surface area (Å²) in [4.78, 5) is 31.7. The van der Waals surface area contributed by atoms with Crippen LogP contribution in [0.1, 0.15) is 20.7 Å². The zero-order chi connectivity index (χ0) is 15.4. The first-order valence-electron chi connectivity index (χ1n) is 6.16. The molecule has 3 rings (SSSR count). The monoisotopic (exact) mass is 298 g/mol. The summed E-state index contributed by atoms with van der Waals surface area (Å²) >= 11 is 0. The third kappa shape index (κ3) is 2.95. The SMILES string of the molecule is O=C(Nc1ncn[nH]1)c1cccc(C(=O)Nc2ncn[nH]2)c1. The van der Waals surface area contributed by atoms with Crippen LogP contribution in [0.2, 0.25) is 0 Å². The molecule has 4 N–H and O–H groups in total. The Balaban J connectivity index is 1.74. The molecule has 10 heteroatoms. The van der Waals surface area contributed by atoms with Crippen LogP contribution in [0.3, 0.4) is 0 Å². The number of carbonyl (C=O) groups excluding carboxylic acids is 2. The Morgan fingerprint density at radius 3 is 1.77 bits per heavy atom. The minimum Gasteiger partial charge on any atom is -0.291 e. The van der Waals surface area contributed by atoms with Gasteiger partial charge in [-0.2, -0.15) is 20.2 Å². The van der Waals surface area contributed by atoms with E-state index in [1.165, 1.54) is 18.7 Å². The van der Waals surface area contributed by atoms with Gasteiger partial charge in [-0.05, 0) is 18.2 Å². The smallest absolute Gasteiger partial charge is 0.258 e. The number of hydrogen-bond donors (Lipinski definition) is 4. The Morgan fingerprint density at radius 1 is 0.864 bits per heavy atom. The summed E-state index contributed by atoms with van der Waals surface area (Å²) in [6.45, 7) is 0. The standard InChI is InChI=1S/C12H10N8O2/c21-9(17-11-13-5-15-19-11)7-2-1-3-8(4-7)10(22)18-12-14-6-16-20-12/h1-6H,(H2,13,15,17,19,21)(H2,14,16,18,20,22). The van der Waals surface area contributed by atoms with Crippen LogP contribution in [0, 0.1) is 0 Å². The fourth-order valence-corrected chi connectivity index (χ4v) is 1.69. The van der Waals surface area contributed by atoms with Gasteiger partial charge in [0.15, 0.2) is 0 Å². The Bertz CT molecular complexity index is 718. The summed E-state index contributed by atoms with van der Waals surface area (Å²) in [7, 11) is 0. The topological polar surface area (TPSA) is 141 Å². The molecule has 0 aliphatic rings. The van der Waals surface area contributed by atoms with Crippen molar-refractivity contribution in [1.29, 1.82) is 0 Å². The average Bonchev–Trinajstić information content (AvgIpc) is 3.21. The molecule has 1 aromatic carbocycles. The minimum absolute atomic E-state index is 0.224. The molecule has 0 aliphatic carbocycles. The van der Waals surface area contributed by atoms with Crippen molar-refractivity contribution in [2.75, 3.05) is 10.6 Å². The number of amides is 2. The van der Waals surface area contributed by atoms with Crippen LogP contribution in [-0.2, 0) is 0 Å². The highest BCUT2D eigenvalue weighted by atomic mass is 16.2. The number of aromatic nitrogens is 6. The van der Waals surface area contributed by atoms with Crippen LogP contribution in [-0.4, -0.2) is 42.2 Å². The van der Waals surface area contributed by atoms with E-state index < -0.39 is 11.8 Å². The van der Waals surface area contributed by atoms with Crippen molar-refractivity contribution < 1.29 is 9.59 Å². The number of hydrogen-bond acceptors (Lipinski definition) is 6. The second-order valence-corrected chi connectivity index (χ2v) is 4.16. The van der Waals surface area contributed by atoms with Crippen LogP contribution in [0.25, 0.3) is 0 Å². The third-order valence-corrected chi connectivity index (χ3v) is 2.68. The molecule has 0 aliphatic heterocycles. The van der Waals surface area contributed by atoms with Gasteiger partial charge < -0.3 is 0 Å². The van der Waals surface area contributed by atoms with Gasteiger partial charge in [0.25, 0.3) is 11.8 Å². The molecule has 2 aromatic heterocycles. The van der Waals surface area contributed by atoms with Gasteiger partial charge in [-0.3, -0.25) is 20.2 Å². The number of rotatable bonds is 4. The van der Waals surface area contributed by atoms with E-state index in [9.17, 15) is 9.59 Å². The van der Waals surface area contributed by atoms with Crippen molar-refractivity contribution in [3.8, 4) is 0 Å². The Hall–Kier alpha value is -3.56.